The molecule has 0 aliphatic carbocycles. The molecular weight excluding hydrogens is 214 g/mol. The van der Waals surface area contributed by atoms with Crippen LogP contribution in [0.4, 0.5) is 0 Å². The molecule has 0 radical (unpaired) electrons. The van der Waals surface area contributed by atoms with Gasteiger partial charge in [0.2, 0.25) is 0 Å². The third-order valence-electron chi connectivity index (χ3n) is 3.53. The second-order valence-electron chi connectivity index (χ2n) is 6.51. The van der Waals surface area contributed by atoms with E-state index in [-0.39, 0.29) is 10.8 Å². The highest BCUT2D eigenvalue weighted by Crippen LogP contribution is 2.22. The Hall–Kier alpha value is -0.770. The molecule has 102 valence electrons. The summed E-state index contributed by atoms with van der Waals surface area (Å²) in [7, 11) is 0. The molecule has 0 amide bonds. The van der Waals surface area contributed by atoms with Crippen molar-refractivity contribution in [2.24, 2.45) is 21.7 Å². The van der Waals surface area contributed by atoms with Crippen molar-refractivity contribution in [3.63, 3.8) is 0 Å². The molecule has 1 atom stereocenters. The van der Waals surface area contributed by atoms with E-state index in [2.05, 4.69) is 38.2 Å². The van der Waals surface area contributed by atoms with Crippen LogP contribution in [-0.2, 0) is 0 Å². The Balaban J connectivity index is 3.94. The summed E-state index contributed by atoms with van der Waals surface area (Å²) in [5.74, 6) is 0.307. The number of nitrogens with two attached hydrogens (primary N) is 1. The van der Waals surface area contributed by atoms with Crippen LogP contribution in [0.2, 0.25) is 0 Å². The van der Waals surface area contributed by atoms with Gasteiger partial charge in [0.15, 0.2) is 0 Å². The average molecular weight is 243 g/mol. The van der Waals surface area contributed by atoms with Gasteiger partial charge in [-0.2, -0.15) is 0 Å². The van der Waals surface area contributed by atoms with Gasteiger partial charge in [0, 0.05) is 11.5 Å². The van der Waals surface area contributed by atoms with Crippen molar-refractivity contribution in [2.75, 3.05) is 6.54 Å². The number of amidine groups is 1. The highest BCUT2D eigenvalue weighted by atomic mass is 16.4. The van der Waals surface area contributed by atoms with Crippen molar-refractivity contribution < 1.29 is 5.21 Å². The van der Waals surface area contributed by atoms with Crippen molar-refractivity contribution in [3.8, 4) is 0 Å². The number of nitrogens with zero attached hydrogens (tertiary/aromatic N) is 1. The van der Waals surface area contributed by atoms with E-state index in [1.807, 2.05) is 13.8 Å². The third kappa shape index (κ3) is 5.91. The van der Waals surface area contributed by atoms with Crippen LogP contribution >= 0.6 is 0 Å². The molecule has 0 heterocycles. The Labute approximate surface area is 106 Å². The molecule has 0 saturated heterocycles. The summed E-state index contributed by atoms with van der Waals surface area (Å²) >= 11 is 0. The van der Waals surface area contributed by atoms with E-state index in [1.165, 1.54) is 0 Å². The molecule has 4 nitrogen and oxygen atoms in total. The molecule has 0 aromatic carbocycles. The highest BCUT2D eigenvalue weighted by molar-refractivity contribution is 5.85. The van der Waals surface area contributed by atoms with Crippen LogP contribution < -0.4 is 11.1 Å². The van der Waals surface area contributed by atoms with Crippen LogP contribution in [0, 0.1) is 10.8 Å². The molecule has 0 aromatic heterocycles. The first-order valence-corrected chi connectivity index (χ1v) is 6.32. The second-order valence-corrected chi connectivity index (χ2v) is 6.51. The van der Waals surface area contributed by atoms with E-state index in [0.29, 0.717) is 11.9 Å². The molecule has 0 aromatic rings. The molecule has 0 saturated carbocycles. The number of hydrogen-bond acceptors (Lipinski definition) is 3. The predicted molar refractivity (Wildman–Crippen MR) is 73.3 cm³/mol. The van der Waals surface area contributed by atoms with E-state index < -0.39 is 0 Å². The normalized spacial score (nSPS) is 16.0. The summed E-state index contributed by atoms with van der Waals surface area (Å²) in [5.41, 5.74) is 5.69. The van der Waals surface area contributed by atoms with Gasteiger partial charge in [0.1, 0.15) is 5.84 Å². The lowest BCUT2D eigenvalue weighted by Gasteiger charge is -2.29. The SMILES string of the molecule is CC(NCCCC(C)(C)C(N)=NO)C(C)(C)C. The van der Waals surface area contributed by atoms with E-state index in [0.717, 1.165) is 19.4 Å². The number of nitrogens with one attached hydrogen (secondary N) is 1. The third-order valence-corrected chi connectivity index (χ3v) is 3.53. The van der Waals surface area contributed by atoms with Gasteiger partial charge < -0.3 is 16.3 Å². The Morgan fingerprint density at radius 2 is 1.82 bits per heavy atom. The lowest BCUT2D eigenvalue weighted by molar-refractivity contribution is 0.279. The molecule has 0 fully saturated rings. The molecule has 1 unspecified atom stereocenters. The van der Waals surface area contributed by atoms with Crippen LogP contribution in [0.3, 0.4) is 0 Å². The minimum Gasteiger partial charge on any atom is -0.409 e. The van der Waals surface area contributed by atoms with Crippen molar-refractivity contribution in [2.45, 2.75) is 60.4 Å². The first-order chi connectivity index (χ1) is 7.61. The zero-order valence-electron chi connectivity index (χ0n) is 12.2. The average Bonchev–Trinajstić information content (AvgIpc) is 2.21. The molecule has 0 bridgehead atoms. The van der Waals surface area contributed by atoms with Gasteiger partial charge in [0.05, 0.1) is 0 Å². The second kappa shape index (κ2) is 6.24. The molecule has 0 rings (SSSR count). The molecule has 0 aliphatic heterocycles. The van der Waals surface area contributed by atoms with E-state index in [4.69, 9.17) is 10.9 Å². The Morgan fingerprint density at radius 3 is 2.24 bits per heavy atom. The lowest BCUT2D eigenvalue weighted by Crippen LogP contribution is -2.39. The summed E-state index contributed by atoms with van der Waals surface area (Å²) < 4.78 is 0. The molecular formula is C13H29N3O. The van der Waals surface area contributed by atoms with Crippen LogP contribution in [0.15, 0.2) is 5.16 Å². The zero-order valence-corrected chi connectivity index (χ0v) is 12.2. The van der Waals surface area contributed by atoms with Gasteiger partial charge in [-0.05, 0) is 31.7 Å². The summed E-state index contributed by atoms with van der Waals surface area (Å²) in [6, 6.07) is 0.481. The van der Waals surface area contributed by atoms with Gasteiger partial charge in [-0.3, -0.25) is 0 Å². The van der Waals surface area contributed by atoms with E-state index in [9.17, 15) is 0 Å². The van der Waals surface area contributed by atoms with Gasteiger partial charge in [0.25, 0.3) is 0 Å². The van der Waals surface area contributed by atoms with Crippen molar-refractivity contribution in [1.82, 2.24) is 5.32 Å². The molecule has 17 heavy (non-hydrogen) atoms. The first-order valence-electron chi connectivity index (χ1n) is 6.32. The van der Waals surface area contributed by atoms with Crippen molar-refractivity contribution in [3.05, 3.63) is 0 Å². The molecule has 4 N–H and O–H groups in total. The first kappa shape index (κ1) is 16.2. The zero-order chi connectivity index (χ0) is 13.7. The van der Waals surface area contributed by atoms with E-state index >= 15 is 0 Å². The lowest BCUT2D eigenvalue weighted by atomic mass is 9.86. The Bertz CT molecular complexity index is 254. The molecule has 0 spiro atoms. The topological polar surface area (TPSA) is 70.6 Å². The number of oxime groups is 1. The minimum absolute atomic E-state index is 0.235. The van der Waals surface area contributed by atoms with E-state index in [1.54, 1.807) is 0 Å². The monoisotopic (exact) mass is 243 g/mol. The van der Waals surface area contributed by atoms with Crippen molar-refractivity contribution >= 4 is 5.84 Å². The summed E-state index contributed by atoms with van der Waals surface area (Å²) in [6.07, 6.45) is 1.93. The summed E-state index contributed by atoms with van der Waals surface area (Å²) in [6.45, 7) is 13.8. The largest absolute Gasteiger partial charge is 0.409 e. The summed E-state index contributed by atoms with van der Waals surface area (Å²) in [5, 5.41) is 15.3. The number of hydrogen-bond donors (Lipinski definition) is 3. The smallest absolute Gasteiger partial charge is 0.144 e. The van der Waals surface area contributed by atoms with Gasteiger partial charge in [-0.15, -0.1) is 0 Å². The molecule has 4 heteroatoms. The van der Waals surface area contributed by atoms with Gasteiger partial charge in [-0.1, -0.05) is 39.8 Å². The quantitative estimate of drug-likeness (QED) is 0.221. The van der Waals surface area contributed by atoms with Gasteiger partial charge in [-0.25, -0.2) is 0 Å². The standard InChI is InChI=1S/C13H29N3O/c1-10(12(2,3)4)15-9-7-8-13(5,6)11(14)16-17/h10,15,17H,7-9H2,1-6H3,(H2,14,16). The van der Waals surface area contributed by atoms with Crippen LogP contribution in [0.1, 0.15) is 54.4 Å². The predicted octanol–water partition coefficient (Wildman–Crippen LogP) is 2.56. The fourth-order valence-corrected chi connectivity index (χ4v) is 1.42. The van der Waals surface area contributed by atoms with Crippen LogP contribution in [0.25, 0.3) is 0 Å². The number of rotatable bonds is 6. The highest BCUT2D eigenvalue weighted by Gasteiger charge is 2.23. The van der Waals surface area contributed by atoms with Crippen molar-refractivity contribution in [1.29, 1.82) is 0 Å². The Morgan fingerprint density at radius 1 is 1.29 bits per heavy atom. The fourth-order valence-electron chi connectivity index (χ4n) is 1.42. The minimum atomic E-state index is -0.235. The Kier molecular flexibility index (Phi) is 5.96. The fraction of sp³-hybridized carbons (Fsp3) is 0.923. The molecule has 0 aliphatic rings. The maximum atomic E-state index is 8.67. The van der Waals surface area contributed by atoms with Crippen LogP contribution in [-0.4, -0.2) is 23.6 Å². The maximum Gasteiger partial charge on any atom is 0.144 e. The van der Waals surface area contributed by atoms with Gasteiger partial charge >= 0.3 is 0 Å². The maximum absolute atomic E-state index is 8.67. The van der Waals surface area contributed by atoms with Crippen LogP contribution in [0.5, 0.6) is 0 Å². The summed E-state index contributed by atoms with van der Waals surface area (Å²) in [4.78, 5) is 0.